The molecule has 0 fully saturated rings. The number of halogens is 4. The summed E-state index contributed by atoms with van der Waals surface area (Å²) in [6.07, 6.45) is -4.10. The fourth-order valence-corrected chi connectivity index (χ4v) is 1.51. The van der Waals surface area contributed by atoms with Gasteiger partial charge in [-0.3, -0.25) is 4.79 Å². The van der Waals surface area contributed by atoms with Gasteiger partial charge in [0.15, 0.2) is 0 Å². The molecule has 8 heteroatoms. The second-order valence-electron chi connectivity index (χ2n) is 3.87. The third-order valence-corrected chi connectivity index (χ3v) is 2.40. The maximum atomic E-state index is 11.8. The lowest BCUT2D eigenvalue weighted by Crippen LogP contribution is -2.18. The van der Waals surface area contributed by atoms with E-state index in [4.69, 9.17) is 22.1 Å². The zero-order valence-corrected chi connectivity index (χ0v) is 11.1. The lowest BCUT2D eigenvalue weighted by molar-refractivity contribution is -0.174. The van der Waals surface area contributed by atoms with Gasteiger partial charge in [-0.15, -0.1) is 0 Å². The number of amides is 1. The molecule has 1 rings (SSSR count). The number of rotatable bonds is 7. The van der Waals surface area contributed by atoms with Crippen molar-refractivity contribution in [2.24, 2.45) is 5.73 Å². The Kier molecular flexibility index (Phi) is 6.09. The van der Waals surface area contributed by atoms with E-state index in [9.17, 15) is 18.0 Å². The number of nitrogens with two attached hydrogens (primary N) is 1. The Labute approximate surface area is 118 Å². The minimum absolute atomic E-state index is 0.0818. The van der Waals surface area contributed by atoms with Crippen molar-refractivity contribution < 1.29 is 27.4 Å². The van der Waals surface area contributed by atoms with Crippen molar-refractivity contribution in [2.45, 2.75) is 12.6 Å². The van der Waals surface area contributed by atoms with Crippen LogP contribution in [0, 0.1) is 0 Å². The highest BCUT2D eigenvalue weighted by molar-refractivity contribution is 6.30. The predicted molar refractivity (Wildman–Crippen MR) is 67.0 cm³/mol. The molecule has 0 aliphatic rings. The number of alkyl halides is 3. The summed E-state index contributed by atoms with van der Waals surface area (Å²) in [4.78, 5) is 11.1. The number of carbonyl (C=O) groups is 1. The summed E-state index contributed by atoms with van der Waals surface area (Å²) < 4.78 is 45.1. The monoisotopic (exact) mass is 311 g/mol. The molecule has 0 saturated carbocycles. The highest BCUT2D eigenvalue weighted by Gasteiger charge is 2.27. The van der Waals surface area contributed by atoms with Crippen molar-refractivity contribution in [1.29, 1.82) is 0 Å². The molecule has 0 saturated heterocycles. The minimum atomic E-state index is -4.34. The Morgan fingerprint density at radius 3 is 2.60 bits per heavy atom. The molecule has 1 amide bonds. The Bertz CT molecular complexity index is 466. The van der Waals surface area contributed by atoms with Gasteiger partial charge in [-0.25, -0.2) is 0 Å². The van der Waals surface area contributed by atoms with Gasteiger partial charge in [-0.1, -0.05) is 11.6 Å². The first kappa shape index (κ1) is 16.6. The Morgan fingerprint density at radius 1 is 1.30 bits per heavy atom. The third kappa shape index (κ3) is 6.12. The van der Waals surface area contributed by atoms with Crippen LogP contribution in [0.5, 0.6) is 5.75 Å². The molecule has 0 aromatic heterocycles. The van der Waals surface area contributed by atoms with Crippen LogP contribution in [0.4, 0.5) is 13.2 Å². The summed E-state index contributed by atoms with van der Waals surface area (Å²) in [5.74, 6) is -0.481. The lowest BCUT2D eigenvalue weighted by atomic mass is 10.2. The van der Waals surface area contributed by atoms with Crippen LogP contribution in [0.2, 0.25) is 5.02 Å². The molecule has 0 aliphatic carbocycles. The van der Waals surface area contributed by atoms with Crippen LogP contribution >= 0.6 is 11.6 Å². The van der Waals surface area contributed by atoms with E-state index < -0.39 is 18.7 Å². The van der Waals surface area contributed by atoms with Crippen molar-refractivity contribution in [3.63, 3.8) is 0 Å². The van der Waals surface area contributed by atoms with Gasteiger partial charge in [0.1, 0.15) is 12.4 Å². The lowest BCUT2D eigenvalue weighted by Gasteiger charge is -2.11. The summed E-state index contributed by atoms with van der Waals surface area (Å²) in [7, 11) is 0. The molecule has 20 heavy (non-hydrogen) atoms. The topological polar surface area (TPSA) is 61.6 Å². The fraction of sp³-hybridized carbons (Fsp3) is 0.417. The van der Waals surface area contributed by atoms with Gasteiger partial charge >= 0.3 is 6.18 Å². The zero-order chi connectivity index (χ0) is 15.2. The molecule has 2 N–H and O–H groups in total. The molecule has 112 valence electrons. The van der Waals surface area contributed by atoms with Gasteiger partial charge in [-0.05, 0) is 18.2 Å². The van der Waals surface area contributed by atoms with E-state index in [0.29, 0.717) is 5.02 Å². The SMILES string of the molecule is NC(=O)c1ccc(Cl)cc1OCCCOCC(F)(F)F. The summed E-state index contributed by atoms with van der Waals surface area (Å²) >= 11 is 5.75. The number of benzene rings is 1. The highest BCUT2D eigenvalue weighted by Crippen LogP contribution is 2.23. The van der Waals surface area contributed by atoms with Crippen LogP contribution < -0.4 is 10.5 Å². The summed E-state index contributed by atoms with van der Waals surface area (Å²) in [6.45, 7) is -1.32. The molecule has 1 aromatic rings. The predicted octanol–water partition coefficient (Wildman–Crippen LogP) is 2.79. The first-order valence-corrected chi connectivity index (χ1v) is 6.04. The Morgan fingerprint density at radius 2 is 2.00 bits per heavy atom. The molecule has 0 heterocycles. The molecule has 0 radical (unpaired) electrons. The molecule has 0 unspecified atom stereocenters. The summed E-state index contributed by atoms with van der Waals surface area (Å²) in [6, 6.07) is 4.32. The minimum Gasteiger partial charge on any atom is -0.493 e. The van der Waals surface area contributed by atoms with Crippen molar-refractivity contribution in [1.82, 2.24) is 0 Å². The van der Waals surface area contributed by atoms with E-state index in [1.54, 1.807) is 0 Å². The van der Waals surface area contributed by atoms with Crippen LogP contribution in [-0.2, 0) is 4.74 Å². The average molecular weight is 312 g/mol. The van der Waals surface area contributed by atoms with E-state index in [-0.39, 0.29) is 30.9 Å². The molecule has 0 bridgehead atoms. The number of hydrogen-bond acceptors (Lipinski definition) is 3. The maximum Gasteiger partial charge on any atom is 0.411 e. The normalized spacial score (nSPS) is 11.4. The highest BCUT2D eigenvalue weighted by atomic mass is 35.5. The number of primary amides is 1. The molecule has 4 nitrogen and oxygen atoms in total. The second-order valence-corrected chi connectivity index (χ2v) is 4.31. The molecule has 0 spiro atoms. The van der Waals surface area contributed by atoms with E-state index in [1.165, 1.54) is 18.2 Å². The van der Waals surface area contributed by atoms with Crippen LogP contribution in [0.25, 0.3) is 0 Å². The third-order valence-electron chi connectivity index (χ3n) is 2.17. The van der Waals surface area contributed by atoms with E-state index in [0.717, 1.165) is 0 Å². The molecule has 0 atom stereocenters. The van der Waals surface area contributed by atoms with Crippen molar-refractivity contribution in [3.05, 3.63) is 28.8 Å². The van der Waals surface area contributed by atoms with Crippen LogP contribution in [0.15, 0.2) is 18.2 Å². The van der Waals surface area contributed by atoms with Crippen LogP contribution in [0.3, 0.4) is 0 Å². The summed E-state index contributed by atoms with van der Waals surface area (Å²) in [5.41, 5.74) is 5.31. The van der Waals surface area contributed by atoms with Crippen LogP contribution in [0.1, 0.15) is 16.8 Å². The second kappa shape index (κ2) is 7.35. The summed E-state index contributed by atoms with van der Waals surface area (Å²) in [5, 5.41) is 0.360. The van der Waals surface area contributed by atoms with Gasteiger partial charge in [0.2, 0.25) is 0 Å². The largest absolute Gasteiger partial charge is 0.493 e. The smallest absolute Gasteiger partial charge is 0.411 e. The Hall–Kier alpha value is -1.47. The van der Waals surface area contributed by atoms with Crippen molar-refractivity contribution >= 4 is 17.5 Å². The number of hydrogen-bond donors (Lipinski definition) is 1. The first-order chi connectivity index (χ1) is 9.29. The van der Waals surface area contributed by atoms with Gasteiger partial charge < -0.3 is 15.2 Å². The van der Waals surface area contributed by atoms with E-state index >= 15 is 0 Å². The van der Waals surface area contributed by atoms with Gasteiger partial charge in [0.05, 0.1) is 18.8 Å². The number of ether oxygens (including phenoxy) is 2. The van der Waals surface area contributed by atoms with E-state index in [2.05, 4.69) is 4.74 Å². The average Bonchev–Trinajstić information content (AvgIpc) is 2.32. The van der Waals surface area contributed by atoms with Crippen molar-refractivity contribution in [2.75, 3.05) is 19.8 Å². The van der Waals surface area contributed by atoms with Crippen LogP contribution in [-0.4, -0.2) is 31.9 Å². The van der Waals surface area contributed by atoms with Gasteiger partial charge in [0.25, 0.3) is 5.91 Å². The van der Waals surface area contributed by atoms with Crippen molar-refractivity contribution in [3.8, 4) is 5.75 Å². The molecule has 0 aliphatic heterocycles. The molecular formula is C12H13ClF3NO3. The number of carbonyl (C=O) groups excluding carboxylic acids is 1. The van der Waals surface area contributed by atoms with Gasteiger partial charge in [0, 0.05) is 11.4 Å². The molecule has 1 aromatic carbocycles. The zero-order valence-electron chi connectivity index (χ0n) is 10.4. The Balaban J connectivity index is 2.38. The quantitative estimate of drug-likeness (QED) is 0.788. The molecular weight excluding hydrogens is 299 g/mol. The first-order valence-electron chi connectivity index (χ1n) is 5.66. The van der Waals surface area contributed by atoms with Gasteiger partial charge in [-0.2, -0.15) is 13.2 Å². The van der Waals surface area contributed by atoms with E-state index in [1.807, 2.05) is 0 Å². The standard InChI is InChI=1S/C12H13ClF3NO3/c13-8-2-3-9(11(17)18)10(6-8)20-5-1-4-19-7-12(14,15)16/h2-3,6H,1,4-5,7H2,(H2,17,18). The maximum absolute atomic E-state index is 11.8. The fourth-order valence-electron chi connectivity index (χ4n) is 1.35.